The molecule has 42 heavy (non-hydrogen) atoms. The molecule has 3 aromatic heterocycles. The molecule has 1 amide bonds. The first kappa shape index (κ1) is 27.0. The third-order valence-electron chi connectivity index (χ3n) is 7.10. The van der Waals surface area contributed by atoms with Crippen molar-refractivity contribution in [2.45, 2.75) is 0 Å². The molecule has 212 valence electrons. The number of hydrogen-bond donors (Lipinski definition) is 3. The number of sulfonamides is 1. The summed E-state index contributed by atoms with van der Waals surface area (Å²) in [5.74, 6) is -0.732. The molecule has 0 saturated carbocycles. The lowest BCUT2D eigenvalue weighted by molar-refractivity contribution is 0.0964. The normalized spacial score (nSPS) is 11.7. The average molecular weight is 586 g/mol. The maximum Gasteiger partial charge on any atom is 0.273 e. The van der Waals surface area contributed by atoms with Crippen molar-refractivity contribution in [3.63, 3.8) is 0 Å². The standard InChI is InChI=1S/C30H24FN5O5S/c1-32-30(38)27-21-13-19(24-14-20(29(37)35-34-24)23-12-17-6-4-5-7-22(17)33-23)25(36(2)42(3,39)40)15-26(21)41-28(27)16-8-10-18(31)11-9-16/h4-15,33H,1-3H3,(H,32,38)(H,35,37). The lowest BCUT2D eigenvalue weighted by Gasteiger charge is -2.20. The Morgan fingerprint density at radius 3 is 2.45 bits per heavy atom. The van der Waals surface area contributed by atoms with Gasteiger partial charge in [0.1, 0.15) is 17.2 Å². The molecule has 0 aliphatic rings. The minimum Gasteiger partial charge on any atom is -0.455 e. The van der Waals surface area contributed by atoms with Crippen LogP contribution >= 0.6 is 0 Å². The number of benzene rings is 3. The summed E-state index contributed by atoms with van der Waals surface area (Å²) >= 11 is 0. The number of amides is 1. The minimum absolute atomic E-state index is 0.175. The van der Waals surface area contributed by atoms with E-state index in [-0.39, 0.29) is 33.9 Å². The number of hydrogen-bond acceptors (Lipinski definition) is 6. The molecule has 0 radical (unpaired) electrons. The largest absolute Gasteiger partial charge is 0.455 e. The Bertz CT molecular complexity index is 2150. The molecule has 3 N–H and O–H groups in total. The lowest BCUT2D eigenvalue weighted by Crippen LogP contribution is -2.25. The predicted octanol–water partition coefficient (Wildman–Crippen LogP) is 4.89. The minimum atomic E-state index is -3.76. The first-order chi connectivity index (χ1) is 20.0. The Labute approximate surface area is 238 Å². The zero-order chi connectivity index (χ0) is 29.8. The van der Waals surface area contributed by atoms with Crippen LogP contribution in [0.15, 0.2) is 82.0 Å². The zero-order valence-electron chi connectivity index (χ0n) is 22.7. The van der Waals surface area contributed by atoms with E-state index in [1.807, 2.05) is 30.3 Å². The van der Waals surface area contributed by atoms with Gasteiger partial charge in [-0.2, -0.15) is 5.10 Å². The second kappa shape index (κ2) is 10.00. The molecule has 0 aliphatic heterocycles. The van der Waals surface area contributed by atoms with Crippen LogP contribution < -0.4 is 15.2 Å². The van der Waals surface area contributed by atoms with Gasteiger partial charge in [-0.25, -0.2) is 17.9 Å². The van der Waals surface area contributed by atoms with E-state index in [2.05, 4.69) is 20.5 Å². The van der Waals surface area contributed by atoms with E-state index in [0.717, 1.165) is 21.5 Å². The van der Waals surface area contributed by atoms with Gasteiger partial charge >= 0.3 is 0 Å². The van der Waals surface area contributed by atoms with Gasteiger partial charge in [-0.05, 0) is 48.5 Å². The maximum atomic E-state index is 13.7. The third-order valence-corrected chi connectivity index (χ3v) is 8.29. The second-order valence-electron chi connectivity index (χ2n) is 9.75. The maximum absolute atomic E-state index is 13.7. The van der Waals surface area contributed by atoms with E-state index < -0.39 is 27.3 Å². The van der Waals surface area contributed by atoms with Crippen LogP contribution in [0.4, 0.5) is 10.1 Å². The Balaban J connectivity index is 1.63. The molecule has 6 aromatic rings. The van der Waals surface area contributed by atoms with E-state index in [1.54, 1.807) is 12.1 Å². The molecule has 0 spiro atoms. The van der Waals surface area contributed by atoms with Crippen molar-refractivity contribution in [2.24, 2.45) is 0 Å². The number of nitrogens with one attached hydrogen (secondary N) is 3. The molecule has 6 rings (SSSR count). The summed E-state index contributed by atoms with van der Waals surface area (Å²) in [4.78, 5) is 29.3. The summed E-state index contributed by atoms with van der Waals surface area (Å²) in [5, 5.41) is 10.6. The fourth-order valence-electron chi connectivity index (χ4n) is 4.89. The van der Waals surface area contributed by atoms with Gasteiger partial charge in [0.25, 0.3) is 11.5 Å². The Morgan fingerprint density at radius 2 is 1.76 bits per heavy atom. The molecule has 3 aromatic carbocycles. The summed E-state index contributed by atoms with van der Waals surface area (Å²) in [6, 6.07) is 19.5. The highest BCUT2D eigenvalue weighted by molar-refractivity contribution is 7.92. The fraction of sp³-hybridized carbons (Fsp3) is 0.100. The van der Waals surface area contributed by atoms with Gasteiger partial charge in [-0.3, -0.25) is 13.9 Å². The van der Waals surface area contributed by atoms with Crippen LogP contribution in [0.3, 0.4) is 0 Å². The van der Waals surface area contributed by atoms with Crippen LogP contribution in [0.5, 0.6) is 0 Å². The number of furan rings is 1. The van der Waals surface area contributed by atoms with Crippen LogP contribution in [-0.4, -0.2) is 49.9 Å². The first-order valence-corrected chi connectivity index (χ1v) is 14.6. The average Bonchev–Trinajstić information content (AvgIpc) is 3.57. The molecular formula is C30H24FN5O5S. The number of aromatic amines is 2. The highest BCUT2D eigenvalue weighted by Gasteiger charge is 2.26. The molecule has 0 unspecified atom stereocenters. The monoisotopic (exact) mass is 585 g/mol. The molecule has 0 atom stereocenters. The van der Waals surface area contributed by atoms with Gasteiger partial charge in [0.15, 0.2) is 0 Å². The molecule has 0 saturated heterocycles. The smallest absolute Gasteiger partial charge is 0.273 e. The second-order valence-corrected chi connectivity index (χ2v) is 11.8. The predicted molar refractivity (Wildman–Crippen MR) is 159 cm³/mol. The summed E-state index contributed by atoms with van der Waals surface area (Å²) in [6.07, 6.45) is 1.05. The van der Waals surface area contributed by atoms with E-state index in [9.17, 15) is 22.4 Å². The molecule has 12 heteroatoms. The van der Waals surface area contributed by atoms with Crippen molar-refractivity contribution in [1.82, 2.24) is 20.5 Å². The van der Waals surface area contributed by atoms with E-state index in [4.69, 9.17) is 4.42 Å². The fourth-order valence-corrected chi connectivity index (χ4v) is 5.40. The van der Waals surface area contributed by atoms with Crippen LogP contribution in [-0.2, 0) is 10.0 Å². The van der Waals surface area contributed by atoms with Crippen molar-refractivity contribution in [2.75, 3.05) is 24.7 Å². The van der Waals surface area contributed by atoms with Crippen molar-refractivity contribution >= 4 is 43.5 Å². The lowest BCUT2D eigenvalue weighted by atomic mass is 10.00. The van der Waals surface area contributed by atoms with Gasteiger partial charge in [0.2, 0.25) is 10.0 Å². The number of fused-ring (bicyclic) bond motifs is 2. The quantitative estimate of drug-likeness (QED) is 0.254. The van der Waals surface area contributed by atoms with Crippen molar-refractivity contribution < 1.29 is 22.0 Å². The van der Waals surface area contributed by atoms with Crippen molar-refractivity contribution in [3.05, 3.63) is 94.5 Å². The Hall–Kier alpha value is -5.23. The highest BCUT2D eigenvalue weighted by Crippen LogP contribution is 2.41. The number of carbonyl (C=O) groups is 1. The zero-order valence-corrected chi connectivity index (χ0v) is 23.5. The molecule has 0 fully saturated rings. The van der Waals surface area contributed by atoms with Gasteiger partial charge in [0.05, 0.1) is 34.5 Å². The van der Waals surface area contributed by atoms with E-state index in [0.29, 0.717) is 22.2 Å². The van der Waals surface area contributed by atoms with Gasteiger partial charge in [0, 0.05) is 47.6 Å². The van der Waals surface area contributed by atoms with Crippen molar-refractivity contribution in [3.8, 4) is 33.8 Å². The summed E-state index contributed by atoms with van der Waals surface area (Å²) < 4.78 is 46.2. The Kier molecular flexibility index (Phi) is 6.42. The number of aromatic nitrogens is 3. The third kappa shape index (κ3) is 4.61. The van der Waals surface area contributed by atoms with Gasteiger partial charge in [-0.15, -0.1) is 0 Å². The van der Waals surface area contributed by atoms with Gasteiger partial charge < -0.3 is 14.7 Å². The number of nitrogens with zero attached hydrogens (tertiary/aromatic N) is 2. The summed E-state index contributed by atoms with van der Waals surface area (Å²) in [5.41, 5.74) is 2.86. The number of para-hydroxylation sites is 1. The molecule has 10 nitrogen and oxygen atoms in total. The first-order valence-electron chi connectivity index (χ1n) is 12.8. The number of H-pyrrole nitrogens is 2. The topological polar surface area (TPSA) is 141 Å². The Morgan fingerprint density at radius 1 is 1.02 bits per heavy atom. The van der Waals surface area contributed by atoms with E-state index >= 15 is 0 Å². The summed E-state index contributed by atoms with van der Waals surface area (Å²) in [6.45, 7) is 0. The van der Waals surface area contributed by atoms with E-state index in [1.165, 1.54) is 44.4 Å². The molecule has 0 aliphatic carbocycles. The van der Waals surface area contributed by atoms with Crippen LogP contribution in [0, 0.1) is 5.82 Å². The number of halogens is 1. The van der Waals surface area contributed by atoms with Gasteiger partial charge in [-0.1, -0.05) is 18.2 Å². The number of rotatable bonds is 6. The molecule has 0 bridgehead atoms. The molecular weight excluding hydrogens is 561 g/mol. The van der Waals surface area contributed by atoms with Crippen LogP contribution in [0.2, 0.25) is 0 Å². The molecule has 3 heterocycles. The number of anilines is 1. The SMILES string of the molecule is CNC(=O)c1c(-c2ccc(F)cc2)oc2cc(N(C)S(C)(=O)=O)c(-c3cc(-c4cc5ccccc5[nH]4)c(=O)[nH]n3)cc12. The van der Waals surface area contributed by atoms with Crippen LogP contribution in [0.1, 0.15) is 10.4 Å². The number of carbonyl (C=O) groups excluding carboxylic acids is 1. The highest BCUT2D eigenvalue weighted by atomic mass is 32.2. The van der Waals surface area contributed by atoms with Crippen molar-refractivity contribution in [1.29, 1.82) is 0 Å². The van der Waals surface area contributed by atoms with Crippen LogP contribution in [0.25, 0.3) is 55.7 Å². The summed E-state index contributed by atoms with van der Waals surface area (Å²) in [7, 11) is -0.906.